The van der Waals surface area contributed by atoms with Crippen LogP contribution in [0.15, 0.2) is 17.3 Å². The summed E-state index contributed by atoms with van der Waals surface area (Å²) >= 11 is 6.06. The third kappa shape index (κ3) is 7.64. The van der Waals surface area contributed by atoms with E-state index in [2.05, 4.69) is 38.6 Å². The van der Waals surface area contributed by atoms with Gasteiger partial charge in [-0.05, 0) is 50.8 Å². The molecule has 0 aromatic carbocycles. The zero-order valence-corrected chi connectivity index (χ0v) is 19.8. The highest BCUT2D eigenvalue weighted by molar-refractivity contribution is 14.0. The van der Waals surface area contributed by atoms with Crippen molar-refractivity contribution in [2.45, 2.75) is 39.2 Å². The molecule has 1 aliphatic rings. The van der Waals surface area contributed by atoms with Crippen LogP contribution in [0.25, 0.3) is 0 Å². The number of nitrogens with zero attached hydrogens (tertiary/aromatic N) is 4. The van der Waals surface area contributed by atoms with Crippen molar-refractivity contribution in [3.05, 3.63) is 23.0 Å². The zero-order valence-electron chi connectivity index (χ0n) is 16.7. The van der Waals surface area contributed by atoms with Crippen molar-refractivity contribution in [2.24, 2.45) is 18.0 Å². The quantitative estimate of drug-likeness (QED) is 0.270. The van der Waals surface area contributed by atoms with Crippen molar-refractivity contribution in [3.63, 3.8) is 0 Å². The maximum atomic E-state index is 6.06. The first-order chi connectivity index (χ1) is 12.0. The molecule has 26 heavy (non-hydrogen) atoms. The third-order valence-electron chi connectivity index (χ3n) is 4.97. The number of likely N-dealkylation sites (tertiary alicyclic amines) is 1. The van der Waals surface area contributed by atoms with Gasteiger partial charge in [-0.3, -0.25) is 4.99 Å². The Labute approximate surface area is 181 Å². The number of halogens is 2. The van der Waals surface area contributed by atoms with Crippen molar-refractivity contribution in [2.75, 3.05) is 40.3 Å². The predicted molar refractivity (Wildman–Crippen MR) is 123 cm³/mol. The smallest absolute Gasteiger partial charge is 0.193 e. The number of hydrogen-bond donors (Lipinski definition) is 1. The van der Waals surface area contributed by atoms with E-state index in [0.29, 0.717) is 0 Å². The van der Waals surface area contributed by atoms with Gasteiger partial charge in [0.25, 0.3) is 0 Å². The molecular weight excluding hydrogens is 461 g/mol. The fourth-order valence-electron chi connectivity index (χ4n) is 3.58. The molecule has 2 heterocycles. The molecule has 7 heteroatoms. The Balaban J connectivity index is 0.00000338. The number of guanidine groups is 1. The van der Waals surface area contributed by atoms with Crippen LogP contribution in [0.4, 0.5) is 0 Å². The van der Waals surface area contributed by atoms with Gasteiger partial charge in [-0.25, -0.2) is 0 Å². The van der Waals surface area contributed by atoms with E-state index >= 15 is 0 Å². The Hall–Kier alpha value is -0.470. The van der Waals surface area contributed by atoms with Gasteiger partial charge in [0.1, 0.15) is 0 Å². The average molecular weight is 496 g/mol. The van der Waals surface area contributed by atoms with Crippen LogP contribution < -0.4 is 5.32 Å². The standard InChI is InChI=1S/C19H34ClN5.HI/c1-16-8-7-11-25(13-16)10-6-5-9-22-19(21-2)24(4)15-18-12-17(20)14-23(18)3;/h12,14,16H,5-11,13,15H2,1-4H3,(H,21,22);1H. The van der Waals surface area contributed by atoms with Crippen molar-refractivity contribution < 1.29 is 0 Å². The lowest BCUT2D eigenvalue weighted by Crippen LogP contribution is -2.39. The molecule has 1 atom stereocenters. The second-order valence-electron chi connectivity index (χ2n) is 7.35. The Morgan fingerprint density at radius 2 is 2.19 bits per heavy atom. The van der Waals surface area contributed by atoms with E-state index in [1.165, 1.54) is 51.0 Å². The summed E-state index contributed by atoms with van der Waals surface area (Å²) < 4.78 is 2.06. The molecule has 2 rings (SSSR count). The van der Waals surface area contributed by atoms with Crippen LogP contribution in [-0.2, 0) is 13.6 Å². The number of unbranched alkanes of at least 4 members (excludes halogenated alkanes) is 1. The van der Waals surface area contributed by atoms with Crippen molar-refractivity contribution in [1.82, 2.24) is 19.7 Å². The summed E-state index contributed by atoms with van der Waals surface area (Å²) in [5, 5.41) is 4.26. The normalized spacial score (nSPS) is 18.5. The van der Waals surface area contributed by atoms with Crippen LogP contribution in [0.3, 0.4) is 0 Å². The number of aryl methyl sites for hydroxylation is 1. The van der Waals surface area contributed by atoms with Crippen molar-refractivity contribution >= 4 is 41.5 Å². The number of rotatable bonds is 7. The summed E-state index contributed by atoms with van der Waals surface area (Å²) in [4.78, 5) is 9.15. The van der Waals surface area contributed by atoms with E-state index in [1.54, 1.807) is 0 Å². The molecular formula is C19H35ClIN5. The summed E-state index contributed by atoms with van der Waals surface area (Å²) in [6.45, 7) is 7.90. The van der Waals surface area contributed by atoms with Gasteiger partial charge in [0, 0.05) is 46.1 Å². The summed E-state index contributed by atoms with van der Waals surface area (Å²) in [5.74, 6) is 1.80. The molecule has 0 saturated carbocycles. The number of aliphatic imine (C=N–C) groups is 1. The Morgan fingerprint density at radius 3 is 2.81 bits per heavy atom. The van der Waals surface area contributed by atoms with E-state index in [4.69, 9.17) is 11.6 Å². The highest BCUT2D eigenvalue weighted by atomic mass is 127. The van der Waals surface area contributed by atoms with Crippen molar-refractivity contribution in [3.8, 4) is 0 Å². The lowest BCUT2D eigenvalue weighted by Gasteiger charge is -2.30. The van der Waals surface area contributed by atoms with Crippen LogP contribution in [0.1, 0.15) is 38.3 Å². The largest absolute Gasteiger partial charge is 0.356 e. The maximum absolute atomic E-state index is 6.06. The van der Waals surface area contributed by atoms with Gasteiger partial charge in [0.2, 0.25) is 0 Å². The minimum absolute atomic E-state index is 0. The van der Waals surface area contributed by atoms with Gasteiger partial charge in [-0.1, -0.05) is 18.5 Å². The van der Waals surface area contributed by atoms with Crippen LogP contribution in [0, 0.1) is 5.92 Å². The summed E-state index contributed by atoms with van der Waals surface area (Å²) in [7, 11) is 5.92. The predicted octanol–water partition coefficient (Wildman–Crippen LogP) is 3.82. The van der Waals surface area contributed by atoms with E-state index in [9.17, 15) is 0 Å². The molecule has 5 nitrogen and oxygen atoms in total. The lowest BCUT2D eigenvalue weighted by molar-refractivity contribution is 0.181. The molecule has 1 fully saturated rings. The fourth-order valence-corrected chi connectivity index (χ4v) is 3.85. The summed E-state index contributed by atoms with van der Waals surface area (Å²) in [5.41, 5.74) is 1.18. The van der Waals surface area contributed by atoms with Crippen LogP contribution >= 0.6 is 35.6 Å². The van der Waals surface area contributed by atoms with Crippen LogP contribution in [0.5, 0.6) is 0 Å². The first-order valence-corrected chi connectivity index (χ1v) is 9.82. The van der Waals surface area contributed by atoms with Gasteiger partial charge >= 0.3 is 0 Å². The van der Waals surface area contributed by atoms with Gasteiger partial charge in [-0.2, -0.15) is 0 Å². The molecule has 1 aliphatic heterocycles. The van der Waals surface area contributed by atoms with Gasteiger partial charge in [0.05, 0.1) is 11.6 Å². The fraction of sp³-hybridized carbons (Fsp3) is 0.737. The number of nitrogens with one attached hydrogen (secondary N) is 1. The Kier molecular flexibility index (Phi) is 11.0. The third-order valence-corrected chi connectivity index (χ3v) is 5.18. The maximum Gasteiger partial charge on any atom is 0.193 e. The summed E-state index contributed by atoms with van der Waals surface area (Å²) in [6.07, 6.45) is 7.11. The average Bonchev–Trinajstić information content (AvgIpc) is 2.88. The monoisotopic (exact) mass is 495 g/mol. The molecule has 0 spiro atoms. The van der Waals surface area contributed by atoms with Gasteiger partial charge in [-0.15, -0.1) is 24.0 Å². The number of piperidine rings is 1. The van der Waals surface area contributed by atoms with E-state index < -0.39 is 0 Å². The molecule has 1 N–H and O–H groups in total. The molecule has 0 aliphatic carbocycles. The highest BCUT2D eigenvalue weighted by Gasteiger charge is 2.15. The minimum Gasteiger partial charge on any atom is -0.356 e. The Morgan fingerprint density at radius 1 is 1.42 bits per heavy atom. The number of aromatic nitrogens is 1. The van der Waals surface area contributed by atoms with E-state index in [0.717, 1.165) is 30.0 Å². The van der Waals surface area contributed by atoms with Crippen LogP contribution in [0.2, 0.25) is 5.02 Å². The van der Waals surface area contributed by atoms with Crippen LogP contribution in [-0.4, -0.2) is 60.6 Å². The van der Waals surface area contributed by atoms with E-state index in [1.807, 2.05) is 26.4 Å². The first-order valence-electron chi connectivity index (χ1n) is 9.44. The van der Waals surface area contributed by atoms with Gasteiger partial charge < -0.3 is 19.7 Å². The molecule has 1 aromatic heterocycles. The minimum atomic E-state index is 0. The Bertz CT molecular complexity index is 560. The zero-order chi connectivity index (χ0) is 18.2. The molecule has 0 radical (unpaired) electrons. The SMILES string of the molecule is CN=C(NCCCCN1CCCC(C)C1)N(C)Cc1cc(Cl)cn1C.I. The molecule has 0 bridgehead atoms. The number of hydrogen-bond acceptors (Lipinski definition) is 2. The molecule has 0 amide bonds. The lowest BCUT2D eigenvalue weighted by atomic mass is 10.0. The molecule has 1 unspecified atom stereocenters. The topological polar surface area (TPSA) is 35.8 Å². The second-order valence-corrected chi connectivity index (χ2v) is 7.78. The molecule has 1 aromatic rings. The second kappa shape index (κ2) is 12.1. The highest BCUT2D eigenvalue weighted by Crippen LogP contribution is 2.16. The van der Waals surface area contributed by atoms with E-state index in [-0.39, 0.29) is 24.0 Å². The first kappa shape index (κ1) is 23.6. The summed E-state index contributed by atoms with van der Waals surface area (Å²) in [6, 6.07) is 2.00. The molecule has 1 saturated heterocycles. The van der Waals surface area contributed by atoms with Gasteiger partial charge in [0.15, 0.2) is 5.96 Å². The van der Waals surface area contributed by atoms with Crippen molar-refractivity contribution in [1.29, 1.82) is 0 Å². The molecule has 150 valence electrons.